The normalized spacial score (nSPS) is 24.1. The average molecular weight is 394 g/mol. The van der Waals surface area contributed by atoms with Crippen LogP contribution in [0.3, 0.4) is 0 Å². The van der Waals surface area contributed by atoms with E-state index in [1.54, 1.807) is 0 Å². The largest absolute Gasteiger partial charge is 0.494 e. The zero-order valence-corrected chi connectivity index (χ0v) is 17.7. The molecule has 3 nitrogen and oxygen atoms in total. The Morgan fingerprint density at radius 3 is 2.52 bits per heavy atom. The van der Waals surface area contributed by atoms with E-state index >= 15 is 0 Å². The number of rotatable bonds is 8. The predicted molar refractivity (Wildman–Crippen MR) is 118 cm³/mol. The number of hydrogen-bond donors (Lipinski definition) is 1. The average Bonchev–Trinajstić information content (AvgIpc) is 3.08. The summed E-state index contributed by atoms with van der Waals surface area (Å²) in [5.41, 5.74) is 1.30. The molecule has 2 aliphatic rings. The van der Waals surface area contributed by atoms with Crippen molar-refractivity contribution in [1.82, 2.24) is 4.90 Å². The lowest BCUT2D eigenvalue weighted by atomic mass is 9.84. The van der Waals surface area contributed by atoms with Gasteiger partial charge in [-0.3, -0.25) is 0 Å². The van der Waals surface area contributed by atoms with Crippen molar-refractivity contribution in [3.05, 3.63) is 65.7 Å². The fraction of sp³-hybridized carbons (Fsp3) is 0.538. The first-order valence-electron chi connectivity index (χ1n) is 11.4. The van der Waals surface area contributed by atoms with Gasteiger partial charge in [0.05, 0.1) is 12.2 Å². The molecule has 2 aromatic carbocycles. The van der Waals surface area contributed by atoms with Crippen molar-refractivity contribution >= 4 is 0 Å². The van der Waals surface area contributed by atoms with Gasteiger partial charge in [0.25, 0.3) is 0 Å². The van der Waals surface area contributed by atoms with Crippen LogP contribution < -0.4 is 4.74 Å². The summed E-state index contributed by atoms with van der Waals surface area (Å²) in [5, 5.41) is 11.8. The molecule has 1 heterocycles. The second kappa shape index (κ2) is 9.32. The Bertz CT molecular complexity index is 760. The van der Waals surface area contributed by atoms with E-state index in [2.05, 4.69) is 29.2 Å². The minimum Gasteiger partial charge on any atom is -0.494 e. The first kappa shape index (κ1) is 20.4. The number of hydrogen-bond acceptors (Lipinski definition) is 3. The van der Waals surface area contributed by atoms with Gasteiger partial charge in [0.2, 0.25) is 0 Å². The molecule has 156 valence electrons. The molecule has 3 unspecified atom stereocenters. The first-order chi connectivity index (χ1) is 14.1. The fourth-order valence-corrected chi connectivity index (χ4v) is 5.27. The lowest BCUT2D eigenvalue weighted by Gasteiger charge is -2.33. The highest BCUT2D eigenvalue weighted by Crippen LogP contribution is 2.37. The van der Waals surface area contributed by atoms with E-state index in [-0.39, 0.29) is 0 Å². The summed E-state index contributed by atoms with van der Waals surface area (Å²) in [5.74, 6) is 2.68. The number of nitrogens with zero attached hydrogens (tertiary/aromatic N) is 1. The quantitative estimate of drug-likeness (QED) is 0.683. The van der Waals surface area contributed by atoms with Crippen LogP contribution in [0.2, 0.25) is 0 Å². The van der Waals surface area contributed by atoms with Crippen molar-refractivity contribution < 1.29 is 9.84 Å². The number of fused-ring (bicyclic) bond motifs is 2. The topological polar surface area (TPSA) is 32.7 Å². The lowest BCUT2D eigenvalue weighted by molar-refractivity contribution is 0.0160. The maximum Gasteiger partial charge on any atom is 0.119 e. The summed E-state index contributed by atoms with van der Waals surface area (Å²) in [7, 11) is 0. The van der Waals surface area contributed by atoms with Gasteiger partial charge in [-0.2, -0.15) is 0 Å². The van der Waals surface area contributed by atoms with Gasteiger partial charge in [-0.1, -0.05) is 48.9 Å². The molecule has 3 heteroatoms. The molecule has 3 atom stereocenters. The Balaban J connectivity index is 1.49. The zero-order chi connectivity index (χ0) is 20.1. The molecule has 0 radical (unpaired) electrons. The Labute approximate surface area is 175 Å². The summed E-state index contributed by atoms with van der Waals surface area (Å²) in [6.45, 7) is 6.01. The Morgan fingerprint density at radius 2 is 1.76 bits per heavy atom. The van der Waals surface area contributed by atoms with Crippen LogP contribution in [-0.2, 0) is 12.0 Å². The third-order valence-corrected chi connectivity index (χ3v) is 6.90. The molecule has 4 rings (SSSR count). The summed E-state index contributed by atoms with van der Waals surface area (Å²) < 4.78 is 5.60. The molecule has 1 saturated carbocycles. The molecule has 0 amide bonds. The summed E-state index contributed by atoms with van der Waals surface area (Å²) in [6.07, 6.45) is 6.98. The number of ether oxygens (including phenoxy) is 1. The second-order valence-corrected chi connectivity index (χ2v) is 9.04. The Morgan fingerprint density at radius 1 is 1.00 bits per heavy atom. The van der Waals surface area contributed by atoms with Crippen LogP contribution in [0, 0.1) is 11.8 Å². The maximum absolute atomic E-state index is 11.8. The molecular formula is C26H35NO2. The predicted octanol–water partition coefficient (Wildman–Crippen LogP) is 5.03. The zero-order valence-electron chi connectivity index (χ0n) is 17.7. The van der Waals surface area contributed by atoms with Crippen LogP contribution in [0.25, 0.3) is 0 Å². The molecule has 1 saturated heterocycles. The molecular weight excluding hydrogens is 358 g/mol. The molecule has 2 fully saturated rings. The first-order valence-corrected chi connectivity index (χ1v) is 11.4. The van der Waals surface area contributed by atoms with Gasteiger partial charge >= 0.3 is 0 Å². The molecule has 2 bridgehead atoms. The number of aliphatic hydroxyl groups is 1. The highest BCUT2D eigenvalue weighted by atomic mass is 16.5. The number of benzene rings is 2. The Kier molecular flexibility index (Phi) is 6.56. The van der Waals surface area contributed by atoms with E-state index in [4.69, 9.17) is 4.74 Å². The maximum atomic E-state index is 11.8. The molecule has 1 aliphatic carbocycles. The lowest BCUT2D eigenvalue weighted by Crippen LogP contribution is -2.37. The van der Waals surface area contributed by atoms with Gasteiger partial charge in [0.1, 0.15) is 5.75 Å². The molecule has 29 heavy (non-hydrogen) atoms. The van der Waals surface area contributed by atoms with E-state index < -0.39 is 5.60 Å². The van der Waals surface area contributed by atoms with Crippen molar-refractivity contribution in [2.24, 2.45) is 11.8 Å². The molecule has 1 aliphatic heterocycles. The highest BCUT2D eigenvalue weighted by molar-refractivity contribution is 5.32. The third-order valence-electron chi connectivity index (χ3n) is 6.90. The van der Waals surface area contributed by atoms with E-state index in [1.807, 2.05) is 37.3 Å². The summed E-state index contributed by atoms with van der Waals surface area (Å²) in [6, 6.07) is 18.4. The molecule has 0 aromatic heterocycles. The van der Waals surface area contributed by atoms with Crippen LogP contribution in [0.15, 0.2) is 54.6 Å². The fourth-order valence-electron chi connectivity index (χ4n) is 5.27. The van der Waals surface area contributed by atoms with E-state index in [1.165, 1.54) is 44.3 Å². The van der Waals surface area contributed by atoms with Crippen molar-refractivity contribution in [3.8, 4) is 5.75 Å². The van der Waals surface area contributed by atoms with Crippen LogP contribution in [0.4, 0.5) is 0 Å². The van der Waals surface area contributed by atoms with Crippen molar-refractivity contribution in [1.29, 1.82) is 0 Å². The van der Waals surface area contributed by atoms with Crippen LogP contribution in [-0.4, -0.2) is 36.2 Å². The van der Waals surface area contributed by atoms with Gasteiger partial charge in [0.15, 0.2) is 0 Å². The van der Waals surface area contributed by atoms with Gasteiger partial charge < -0.3 is 14.7 Å². The van der Waals surface area contributed by atoms with Crippen LogP contribution in [0.1, 0.15) is 50.2 Å². The minimum absolute atomic E-state index is 0.641. The minimum atomic E-state index is -0.864. The van der Waals surface area contributed by atoms with E-state index in [0.29, 0.717) is 13.0 Å². The van der Waals surface area contributed by atoms with Gasteiger partial charge in [-0.25, -0.2) is 0 Å². The SMILES string of the molecule is CCOc1ccc(C(O)(CCN2CCC3CCC(C3)C2)Cc2ccccc2)cc1. The van der Waals surface area contributed by atoms with Gasteiger partial charge in [-0.15, -0.1) is 0 Å². The molecule has 2 aromatic rings. The van der Waals surface area contributed by atoms with Gasteiger partial charge in [-0.05, 0) is 74.2 Å². The number of likely N-dealkylation sites (tertiary alicyclic amines) is 1. The molecule has 1 N–H and O–H groups in total. The third kappa shape index (κ3) is 5.21. The van der Waals surface area contributed by atoms with E-state index in [9.17, 15) is 5.11 Å². The van der Waals surface area contributed by atoms with Crippen LogP contribution >= 0.6 is 0 Å². The van der Waals surface area contributed by atoms with Crippen molar-refractivity contribution in [3.63, 3.8) is 0 Å². The summed E-state index contributed by atoms with van der Waals surface area (Å²) in [4.78, 5) is 2.61. The highest BCUT2D eigenvalue weighted by Gasteiger charge is 2.33. The standard InChI is InChI=1S/C26H35NO2/c1-2-29-25-12-10-24(11-13-25)26(28,19-22-6-4-3-5-7-22)15-17-27-16-14-21-8-9-23(18-21)20-27/h3-7,10-13,21,23,28H,2,8-9,14-20H2,1H3. The Hall–Kier alpha value is -1.84. The van der Waals surface area contributed by atoms with Gasteiger partial charge in [0, 0.05) is 19.5 Å². The molecule has 0 spiro atoms. The van der Waals surface area contributed by atoms with Crippen molar-refractivity contribution in [2.75, 3.05) is 26.2 Å². The monoisotopic (exact) mass is 393 g/mol. The second-order valence-electron chi connectivity index (χ2n) is 9.04. The van der Waals surface area contributed by atoms with E-state index in [0.717, 1.165) is 36.1 Å². The van der Waals surface area contributed by atoms with Crippen molar-refractivity contribution in [2.45, 2.75) is 51.0 Å². The van der Waals surface area contributed by atoms with Crippen LogP contribution in [0.5, 0.6) is 5.75 Å². The smallest absolute Gasteiger partial charge is 0.119 e. The summed E-state index contributed by atoms with van der Waals surface area (Å²) >= 11 is 0.